The second-order valence-corrected chi connectivity index (χ2v) is 3.24. The maximum Gasteiger partial charge on any atom is 0.156 e. The summed E-state index contributed by atoms with van der Waals surface area (Å²) < 4.78 is 13.3. The highest BCUT2D eigenvalue weighted by Crippen LogP contribution is 2.26. The number of hydrogen-bond acceptors (Lipinski definition) is 1. The Kier molecular flexibility index (Phi) is 2.87. The molecule has 0 unspecified atom stereocenters. The van der Waals surface area contributed by atoms with Gasteiger partial charge in [0.2, 0.25) is 0 Å². The van der Waals surface area contributed by atoms with Crippen LogP contribution in [-0.4, -0.2) is 0 Å². The maximum atomic E-state index is 12.9. The van der Waals surface area contributed by atoms with Gasteiger partial charge in [-0.3, -0.25) is 0 Å². The van der Waals surface area contributed by atoms with E-state index in [-0.39, 0.29) is 5.02 Å². The normalized spacial score (nSPS) is 10.2. The Bertz CT molecular complexity index is 277. The van der Waals surface area contributed by atoms with Gasteiger partial charge in [-0.25, -0.2) is 4.39 Å². The predicted octanol–water partition coefficient (Wildman–Crippen LogP) is 2.70. The molecule has 0 atom stereocenters. The average Bonchev–Trinajstić information content (AvgIpc) is 2.01. The lowest BCUT2D eigenvalue weighted by Crippen LogP contribution is -1.98. The molecule has 1 rings (SSSR count). The quantitative estimate of drug-likeness (QED) is 0.748. The van der Waals surface area contributed by atoms with Crippen LogP contribution >= 0.6 is 27.5 Å². The molecule has 0 amide bonds. The van der Waals surface area contributed by atoms with Crippen molar-refractivity contribution < 1.29 is 4.39 Å². The highest BCUT2D eigenvalue weighted by molar-refractivity contribution is 9.10. The number of rotatable bonds is 1. The molecule has 0 radical (unpaired) electrons. The number of benzene rings is 1. The second-order valence-electron chi connectivity index (χ2n) is 2.04. The molecule has 1 aromatic carbocycles. The molecule has 1 nitrogen and oxygen atoms in total. The van der Waals surface area contributed by atoms with Crippen molar-refractivity contribution in [1.29, 1.82) is 0 Å². The summed E-state index contributed by atoms with van der Waals surface area (Å²) in [5.41, 5.74) is 6.04. The fraction of sp³-hybridized carbons (Fsp3) is 0.143. The van der Waals surface area contributed by atoms with Gasteiger partial charge in [-0.1, -0.05) is 17.7 Å². The van der Waals surface area contributed by atoms with Crippen LogP contribution < -0.4 is 5.73 Å². The third kappa shape index (κ3) is 1.72. The van der Waals surface area contributed by atoms with E-state index in [1.54, 1.807) is 6.07 Å². The van der Waals surface area contributed by atoms with Crippen molar-refractivity contribution in [1.82, 2.24) is 0 Å². The van der Waals surface area contributed by atoms with Crippen molar-refractivity contribution in [3.8, 4) is 0 Å². The molecule has 0 bridgehead atoms. The average molecular weight is 238 g/mol. The number of nitrogens with two attached hydrogens (primary N) is 1. The topological polar surface area (TPSA) is 26.0 Å². The van der Waals surface area contributed by atoms with E-state index < -0.39 is 5.82 Å². The second kappa shape index (κ2) is 3.52. The van der Waals surface area contributed by atoms with Crippen LogP contribution in [0.15, 0.2) is 16.6 Å². The first kappa shape index (κ1) is 8.97. The van der Waals surface area contributed by atoms with E-state index in [0.717, 1.165) is 0 Å². The molecule has 0 heterocycles. The van der Waals surface area contributed by atoms with Crippen LogP contribution in [0.4, 0.5) is 4.39 Å². The van der Waals surface area contributed by atoms with Gasteiger partial charge < -0.3 is 5.73 Å². The van der Waals surface area contributed by atoms with E-state index in [9.17, 15) is 4.39 Å². The van der Waals surface area contributed by atoms with Gasteiger partial charge in [0.25, 0.3) is 0 Å². The van der Waals surface area contributed by atoms with Gasteiger partial charge in [0, 0.05) is 6.54 Å². The third-order valence-corrected chi connectivity index (χ3v) is 2.48. The van der Waals surface area contributed by atoms with Gasteiger partial charge in [0.05, 0.1) is 9.50 Å². The van der Waals surface area contributed by atoms with Crippen LogP contribution in [-0.2, 0) is 6.54 Å². The number of halogens is 3. The molecule has 0 aliphatic rings. The Hall–Kier alpha value is -0.120. The summed E-state index contributed by atoms with van der Waals surface area (Å²) >= 11 is 8.55. The molecule has 0 aromatic heterocycles. The third-order valence-electron chi connectivity index (χ3n) is 1.34. The first-order valence-corrected chi connectivity index (χ1v) is 4.16. The Morgan fingerprint density at radius 3 is 2.73 bits per heavy atom. The summed E-state index contributed by atoms with van der Waals surface area (Å²) in [6.07, 6.45) is 0. The van der Waals surface area contributed by atoms with Gasteiger partial charge >= 0.3 is 0 Å². The number of hydrogen-bond donors (Lipinski definition) is 1. The van der Waals surface area contributed by atoms with E-state index in [1.165, 1.54) is 6.07 Å². The van der Waals surface area contributed by atoms with Gasteiger partial charge in [-0.15, -0.1) is 0 Å². The van der Waals surface area contributed by atoms with Crippen LogP contribution in [0.3, 0.4) is 0 Å². The predicted molar refractivity (Wildman–Crippen MR) is 47.0 cm³/mol. The van der Waals surface area contributed by atoms with E-state index in [1.807, 2.05) is 0 Å². The van der Waals surface area contributed by atoms with Crippen LogP contribution in [0.25, 0.3) is 0 Å². The molecule has 1 aromatic rings. The van der Waals surface area contributed by atoms with Crippen LogP contribution in [0.2, 0.25) is 5.02 Å². The smallest absolute Gasteiger partial charge is 0.156 e. The molecule has 11 heavy (non-hydrogen) atoms. The van der Waals surface area contributed by atoms with Crippen molar-refractivity contribution in [2.24, 2.45) is 5.73 Å². The van der Waals surface area contributed by atoms with E-state index in [2.05, 4.69) is 15.9 Å². The molecule has 0 fully saturated rings. The summed E-state index contributed by atoms with van der Waals surface area (Å²) in [5.74, 6) is -0.449. The molecular formula is C7H6BrClFN. The lowest BCUT2D eigenvalue weighted by molar-refractivity contribution is 0.618. The lowest BCUT2D eigenvalue weighted by atomic mass is 10.2. The van der Waals surface area contributed by atoms with Gasteiger partial charge in [0.15, 0.2) is 5.82 Å². The Morgan fingerprint density at radius 1 is 1.55 bits per heavy atom. The summed E-state index contributed by atoms with van der Waals surface area (Å²) in [5, 5.41) is 0.106. The zero-order valence-electron chi connectivity index (χ0n) is 5.57. The summed E-state index contributed by atoms with van der Waals surface area (Å²) in [4.78, 5) is 0. The first-order chi connectivity index (χ1) is 5.16. The standard InChI is InChI=1S/C7H6BrClFN/c8-6-4(3-11)1-2-5(9)7(6)10/h1-2H,3,11H2. The summed E-state index contributed by atoms with van der Waals surface area (Å²) in [6.45, 7) is 0.300. The largest absolute Gasteiger partial charge is 0.326 e. The lowest BCUT2D eigenvalue weighted by Gasteiger charge is -2.02. The Balaban J connectivity index is 3.25. The van der Waals surface area contributed by atoms with Crippen molar-refractivity contribution in [2.75, 3.05) is 0 Å². The van der Waals surface area contributed by atoms with Crippen LogP contribution in [0.5, 0.6) is 0 Å². The molecular weight excluding hydrogens is 232 g/mol. The van der Waals surface area contributed by atoms with Gasteiger partial charge in [-0.05, 0) is 27.6 Å². The molecule has 0 saturated heterocycles. The van der Waals surface area contributed by atoms with E-state index in [0.29, 0.717) is 16.6 Å². The highest BCUT2D eigenvalue weighted by atomic mass is 79.9. The zero-order valence-corrected chi connectivity index (χ0v) is 7.91. The van der Waals surface area contributed by atoms with E-state index >= 15 is 0 Å². The molecule has 0 aliphatic carbocycles. The monoisotopic (exact) mass is 237 g/mol. The molecule has 0 aliphatic heterocycles. The maximum absolute atomic E-state index is 12.9. The minimum atomic E-state index is -0.449. The Morgan fingerprint density at radius 2 is 2.18 bits per heavy atom. The highest BCUT2D eigenvalue weighted by Gasteiger charge is 2.07. The molecule has 0 spiro atoms. The minimum absolute atomic E-state index is 0.106. The molecule has 2 N–H and O–H groups in total. The van der Waals surface area contributed by atoms with Crippen molar-refractivity contribution >= 4 is 27.5 Å². The van der Waals surface area contributed by atoms with Crippen molar-refractivity contribution in [2.45, 2.75) is 6.54 Å². The zero-order chi connectivity index (χ0) is 8.43. The summed E-state index contributed by atoms with van der Waals surface area (Å²) in [7, 11) is 0. The van der Waals surface area contributed by atoms with Gasteiger partial charge in [-0.2, -0.15) is 0 Å². The SMILES string of the molecule is NCc1ccc(Cl)c(F)c1Br. The van der Waals surface area contributed by atoms with Crippen molar-refractivity contribution in [3.05, 3.63) is 33.0 Å². The van der Waals surface area contributed by atoms with Crippen LogP contribution in [0.1, 0.15) is 5.56 Å². The minimum Gasteiger partial charge on any atom is -0.326 e. The van der Waals surface area contributed by atoms with Gasteiger partial charge in [0.1, 0.15) is 0 Å². The molecule has 0 saturated carbocycles. The molecule has 4 heteroatoms. The summed E-state index contributed by atoms with van der Waals surface area (Å²) in [6, 6.07) is 3.18. The fourth-order valence-corrected chi connectivity index (χ4v) is 1.50. The van der Waals surface area contributed by atoms with Crippen molar-refractivity contribution in [3.63, 3.8) is 0 Å². The molecule has 60 valence electrons. The Labute approximate surface area is 77.5 Å². The fourth-order valence-electron chi connectivity index (χ4n) is 0.724. The first-order valence-electron chi connectivity index (χ1n) is 2.99. The van der Waals surface area contributed by atoms with Crippen LogP contribution in [0, 0.1) is 5.82 Å². The van der Waals surface area contributed by atoms with E-state index in [4.69, 9.17) is 17.3 Å².